The minimum Gasteiger partial charge on any atom is -0.492 e. The third kappa shape index (κ3) is 4.23. The Morgan fingerprint density at radius 2 is 1.96 bits per heavy atom. The molecule has 0 radical (unpaired) electrons. The van der Waals surface area contributed by atoms with E-state index in [1.165, 1.54) is 11.3 Å². The molecule has 1 saturated heterocycles. The van der Waals surface area contributed by atoms with E-state index in [0.29, 0.717) is 6.61 Å². The lowest BCUT2D eigenvalue weighted by Gasteiger charge is -2.36. The van der Waals surface area contributed by atoms with Crippen LogP contribution in [0.1, 0.15) is 18.2 Å². The van der Waals surface area contributed by atoms with Crippen molar-refractivity contribution in [3.05, 3.63) is 54.4 Å². The molecule has 1 fully saturated rings. The third-order valence-electron chi connectivity index (χ3n) is 4.64. The maximum Gasteiger partial charge on any atom is 0.142 e. The highest BCUT2D eigenvalue weighted by Crippen LogP contribution is 2.29. The first-order chi connectivity index (χ1) is 12.2. The van der Waals surface area contributed by atoms with Gasteiger partial charge in [0.2, 0.25) is 0 Å². The number of hydrogen-bond donors (Lipinski definition) is 0. The maximum atomic E-state index is 5.78. The summed E-state index contributed by atoms with van der Waals surface area (Å²) in [5.41, 5.74) is 3.63. The van der Waals surface area contributed by atoms with Crippen LogP contribution >= 0.6 is 0 Å². The van der Waals surface area contributed by atoms with Gasteiger partial charge in [-0.25, -0.2) is 0 Å². The van der Waals surface area contributed by atoms with Crippen LogP contribution in [0.3, 0.4) is 0 Å². The zero-order chi connectivity index (χ0) is 17.6. The molecule has 5 heteroatoms. The number of anilines is 1. The summed E-state index contributed by atoms with van der Waals surface area (Å²) < 4.78 is 7.74. The van der Waals surface area contributed by atoms with Crippen molar-refractivity contribution in [3.8, 4) is 5.75 Å². The topological polar surface area (TPSA) is 33.5 Å². The molecule has 134 valence electrons. The van der Waals surface area contributed by atoms with Crippen LogP contribution in [0.4, 0.5) is 5.69 Å². The number of rotatable bonds is 7. The monoisotopic (exact) mass is 340 g/mol. The third-order valence-corrected chi connectivity index (χ3v) is 4.64. The van der Waals surface area contributed by atoms with Gasteiger partial charge in [-0.2, -0.15) is 5.10 Å². The summed E-state index contributed by atoms with van der Waals surface area (Å²) in [5, 5.41) is 4.55. The predicted molar refractivity (Wildman–Crippen MR) is 102 cm³/mol. The van der Waals surface area contributed by atoms with E-state index in [4.69, 9.17) is 4.74 Å². The normalized spacial score (nSPS) is 15.4. The van der Waals surface area contributed by atoms with E-state index in [0.717, 1.165) is 50.7 Å². The van der Waals surface area contributed by atoms with Gasteiger partial charge in [0.15, 0.2) is 0 Å². The van der Waals surface area contributed by atoms with Crippen LogP contribution in [0.2, 0.25) is 0 Å². The summed E-state index contributed by atoms with van der Waals surface area (Å²) in [5.74, 6) is 0.986. The van der Waals surface area contributed by atoms with Gasteiger partial charge in [0, 0.05) is 44.5 Å². The van der Waals surface area contributed by atoms with Gasteiger partial charge in [-0.3, -0.25) is 9.58 Å². The van der Waals surface area contributed by atoms with Crippen LogP contribution < -0.4 is 9.64 Å². The molecule has 0 N–H and O–H groups in total. The second-order valence-corrected chi connectivity index (χ2v) is 6.41. The molecule has 1 aliphatic rings. The van der Waals surface area contributed by atoms with Crippen LogP contribution in [0.5, 0.6) is 5.75 Å². The molecule has 5 nitrogen and oxygen atoms in total. The second kappa shape index (κ2) is 8.21. The summed E-state index contributed by atoms with van der Waals surface area (Å²) in [6.07, 6.45) is 4.03. The van der Waals surface area contributed by atoms with Crippen molar-refractivity contribution in [2.24, 2.45) is 0 Å². The number of aromatic nitrogens is 2. The summed E-state index contributed by atoms with van der Waals surface area (Å²) in [4.78, 5) is 4.93. The Morgan fingerprint density at radius 1 is 1.20 bits per heavy atom. The molecule has 25 heavy (non-hydrogen) atoms. The number of ether oxygens (including phenoxy) is 1. The molecule has 2 aromatic rings. The molecule has 0 amide bonds. The van der Waals surface area contributed by atoms with Crippen LogP contribution in [0.25, 0.3) is 0 Å². The highest BCUT2D eigenvalue weighted by atomic mass is 16.5. The number of piperazine rings is 1. The molecule has 0 spiro atoms. The zero-order valence-electron chi connectivity index (χ0n) is 15.3. The van der Waals surface area contributed by atoms with Crippen molar-refractivity contribution < 1.29 is 4.74 Å². The predicted octanol–water partition coefficient (Wildman–Crippen LogP) is 3.10. The molecule has 1 aromatic heterocycles. The van der Waals surface area contributed by atoms with Gasteiger partial charge in [-0.1, -0.05) is 18.2 Å². The Labute approximate surface area is 150 Å². The molecule has 0 saturated carbocycles. The number of nitrogens with zero attached hydrogens (tertiary/aromatic N) is 4. The Balaban J connectivity index is 1.60. The van der Waals surface area contributed by atoms with Crippen LogP contribution in [-0.2, 0) is 13.1 Å². The van der Waals surface area contributed by atoms with Crippen LogP contribution in [-0.4, -0.2) is 47.5 Å². The van der Waals surface area contributed by atoms with E-state index in [2.05, 4.69) is 52.8 Å². The van der Waals surface area contributed by atoms with Gasteiger partial charge in [0.05, 0.1) is 24.5 Å². The van der Waals surface area contributed by atoms with Crippen molar-refractivity contribution in [1.82, 2.24) is 14.7 Å². The van der Waals surface area contributed by atoms with E-state index < -0.39 is 0 Å². The molecule has 0 unspecified atom stereocenters. The van der Waals surface area contributed by atoms with E-state index in [-0.39, 0.29) is 0 Å². The minimum atomic E-state index is 0.699. The molecule has 0 aliphatic carbocycles. The van der Waals surface area contributed by atoms with Crippen LogP contribution in [0, 0.1) is 6.92 Å². The summed E-state index contributed by atoms with van der Waals surface area (Å²) in [7, 11) is 0. The van der Waals surface area contributed by atoms with Crippen molar-refractivity contribution in [2.45, 2.75) is 26.9 Å². The van der Waals surface area contributed by atoms with Gasteiger partial charge < -0.3 is 9.64 Å². The largest absolute Gasteiger partial charge is 0.492 e. The molecular weight excluding hydrogens is 312 g/mol. The number of aryl methyl sites for hydroxylation is 1. The Bertz CT molecular complexity index is 701. The molecule has 0 bridgehead atoms. The molecule has 1 aliphatic heterocycles. The van der Waals surface area contributed by atoms with Crippen LogP contribution in [0.15, 0.2) is 43.1 Å². The van der Waals surface area contributed by atoms with Gasteiger partial charge in [-0.05, 0) is 26.0 Å². The molecular formula is C20H28N4O. The van der Waals surface area contributed by atoms with E-state index in [1.54, 1.807) is 0 Å². The Hall–Kier alpha value is -2.27. The Morgan fingerprint density at radius 3 is 2.68 bits per heavy atom. The van der Waals surface area contributed by atoms with Crippen molar-refractivity contribution in [3.63, 3.8) is 0 Å². The SMILES string of the molecule is C=CCn1cc(CN2CCN(c3ccccc3OCC)CC2)c(C)n1. The molecule has 0 atom stereocenters. The lowest BCUT2D eigenvalue weighted by atomic mass is 10.2. The number of para-hydroxylation sites is 2. The van der Waals surface area contributed by atoms with Gasteiger partial charge in [0.25, 0.3) is 0 Å². The lowest BCUT2D eigenvalue weighted by molar-refractivity contribution is 0.248. The molecule has 2 heterocycles. The average Bonchev–Trinajstić information content (AvgIpc) is 2.96. The first-order valence-electron chi connectivity index (χ1n) is 9.04. The fraction of sp³-hybridized carbons (Fsp3) is 0.450. The quantitative estimate of drug-likeness (QED) is 0.725. The summed E-state index contributed by atoms with van der Waals surface area (Å²) in [6.45, 7) is 14.5. The van der Waals surface area contributed by atoms with Crippen molar-refractivity contribution in [2.75, 3.05) is 37.7 Å². The summed E-state index contributed by atoms with van der Waals surface area (Å²) >= 11 is 0. The summed E-state index contributed by atoms with van der Waals surface area (Å²) in [6, 6.07) is 8.34. The Kier molecular flexibility index (Phi) is 5.76. The maximum absolute atomic E-state index is 5.78. The highest BCUT2D eigenvalue weighted by molar-refractivity contribution is 5.58. The van der Waals surface area contributed by atoms with Gasteiger partial charge in [-0.15, -0.1) is 6.58 Å². The standard InChI is InChI=1S/C20H28N4O/c1-4-10-24-16-18(17(3)21-24)15-22-11-13-23(14-12-22)19-8-6-7-9-20(19)25-5-2/h4,6-9,16H,1,5,10-15H2,2-3H3. The molecule has 1 aromatic carbocycles. The number of benzene rings is 1. The minimum absolute atomic E-state index is 0.699. The fourth-order valence-electron chi connectivity index (χ4n) is 3.32. The first-order valence-corrected chi connectivity index (χ1v) is 9.04. The first kappa shape index (κ1) is 17.5. The van der Waals surface area contributed by atoms with Crippen molar-refractivity contribution >= 4 is 5.69 Å². The molecule has 3 rings (SSSR count). The fourth-order valence-corrected chi connectivity index (χ4v) is 3.32. The van der Waals surface area contributed by atoms with E-state index >= 15 is 0 Å². The zero-order valence-corrected chi connectivity index (χ0v) is 15.3. The number of allylic oxidation sites excluding steroid dienone is 1. The van der Waals surface area contributed by atoms with E-state index in [1.807, 2.05) is 23.7 Å². The van der Waals surface area contributed by atoms with Crippen molar-refractivity contribution in [1.29, 1.82) is 0 Å². The van der Waals surface area contributed by atoms with E-state index in [9.17, 15) is 0 Å². The second-order valence-electron chi connectivity index (χ2n) is 6.41. The average molecular weight is 340 g/mol. The lowest BCUT2D eigenvalue weighted by Crippen LogP contribution is -2.46. The van der Waals surface area contributed by atoms with Gasteiger partial charge in [0.1, 0.15) is 5.75 Å². The smallest absolute Gasteiger partial charge is 0.142 e. The van der Waals surface area contributed by atoms with Gasteiger partial charge >= 0.3 is 0 Å². The highest BCUT2D eigenvalue weighted by Gasteiger charge is 2.20. The number of hydrogen-bond acceptors (Lipinski definition) is 4.